The summed E-state index contributed by atoms with van der Waals surface area (Å²) in [5.74, 6) is 0.821. The minimum atomic E-state index is -0.712. The van der Waals surface area contributed by atoms with Crippen LogP contribution in [0, 0.1) is 0 Å². The van der Waals surface area contributed by atoms with Gasteiger partial charge in [0.05, 0.1) is 6.10 Å². The van der Waals surface area contributed by atoms with Gasteiger partial charge in [-0.15, -0.1) is 0 Å². The van der Waals surface area contributed by atoms with Gasteiger partial charge in [0.2, 0.25) is 0 Å². The summed E-state index contributed by atoms with van der Waals surface area (Å²) in [5, 5.41) is 0. The van der Waals surface area contributed by atoms with Gasteiger partial charge in [0.15, 0.2) is 2.69 Å². The van der Waals surface area contributed by atoms with Crippen LogP contribution < -0.4 is 4.74 Å². The molecule has 0 aromatic heterocycles. The number of ether oxygens (including phenoxy) is 1. The monoisotopic (exact) mass is 340 g/mol. The van der Waals surface area contributed by atoms with Crippen LogP contribution >= 0.6 is 43.5 Å². The van der Waals surface area contributed by atoms with E-state index in [4.69, 9.17) is 16.3 Å². The second kappa shape index (κ2) is 4.86. The van der Waals surface area contributed by atoms with Crippen molar-refractivity contribution in [2.24, 2.45) is 0 Å². The third-order valence-corrected chi connectivity index (χ3v) is 2.67. The summed E-state index contributed by atoms with van der Waals surface area (Å²) in [5.41, 5.74) is 0.914. The van der Waals surface area contributed by atoms with E-state index in [0.29, 0.717) is 0 Å². The van der Waals surface area contributed by atoms with Crippen LogP contribution in [0.25, 0.3) is 0 Å². The Balaban J connectivity index is 2.90. The van der Waals surface area contributed by atoms with Gasteiger partial charge in [0.1, 0.15) is 5.75 Å². The fraction of sp³-hybridized carbons (Fsp3) is 0.400. The maximum absolute atomic E-state index is 6.04. The van der Waals surface area contributed by atoms with Crippen molar-refractivity contribution in [1.82, 2.24) is 0 Å². The Kier molecular flexibility index (Phi) is 4.29. The highest BCUT2D eigenvalue weighted by molar-refractivity contribution is 9.25. The summed E-state index contributed by atoms with van der Waals surface area (Å²) in [7, 11) is 0. The smallest absolute Gasteiger partial charge is 0.178 e. The molecule has 0 saturated heterocycles. The molecule has 4 heteroatoms. The van der Waals surface area contributed by atoms with E-state index in [1.807, 2.05) is 38.1 Å². The Morgan fingerprint density at radius 3 is 2.50 bits per heavy atom. The number of rotatable bonds is 3. The van der Waals surface area contributed by atoms with E-state index < -0.39 is 2.69 Å². The molecule has 0 radical (unpaired) electrons. The Bertz CT molecular complexity index is 307. The zero-order chi connectivity index (χ0) is 10.8. The molecular weight excluding hydrogens is 331 g/mol. The van der Waals surface area contributed by atoms with E-state index in [2.05, 4.69) is 31.9 Å². The van der Waals surface area contributed by atoms with Gasteiger partial charge in [0, 0.05) is 0 Å². The number of hydrogen-bond acceptors (Lipinski definition) is 1. The van der Waals surface area contributed by atoms with E-state index in [0.717, 1.165) is 11.3 Å². The van der Waals surface area contributed by atoms with Gasteiger partial charge in [-0.2, -0.15) is 0 Å². The number of hydrogen-bond donors (Lipinski definition) is 0. The molecule has 0 aliphatic heterocycles. The maximum atomic E-state index is 6.04. The zero-order valence-electron chi connectivity index (χ0n) is 7.93. The molecule has 1 aromatic carbocycles. The first kappa shape index (κ1) is 12.3. The molecule has 0 fully saturated rings. The Labute approximate surface area is 106 Å². The SMILES string of the molecule is CC(C)Oc1cccc(C(Cl)(Br)Br)c1. The molecule has 1 nitrogen and oxygen atoms in total. The topological polar surface area (TPSA) is 9.23 Å². The highest BCUT2D eigenvalue weighted by atomic mass is 79.9. The van der Waals surface area contributed by atoms with Crippen LogP contribution in [-0.4, -0.2) is 6.10 Å². The second-order valence-electron chi connectivity index (χ2n) is 3.19. The minimum Gasteiger partial charge on any atom is -0.491 e. The van der Waals surface area contributed by atoms with E-state index >= 15 is 0 Å². The van der Waals surface area contributed by atoms with Crippen molar-refractivity contribution in [3.8, 4) is 5.75 Å². The molecule has 0 heterocycles. The molecule has 0 N–H and O–H groups in total. The van der Waals surface area contributed by atoms with Gasteiger partial charge < -0.3 is 4.74 Å². The lowest BCUT2D eigenvalue weighted by Crippen LogP contribution is -2.06. The number of benzene rings is 1. The fourth-order valence-corrected chi connectivity index (χ4v) is 1.63. The highest BCUT2D eigenvalue weighted by Gasteiger charge is 2.21. The quantitative estimate of drug-likeness (QED) is 0.729. The van der Waals surface area contributed by atoms with E-state index in [1.165, 1.54) is 0 Å². The first-order chi connectivity index (χ1) is 6.39. The predicted octanol–water partition coefficient (Wildman–Crippen LogP) is 4.61. The first-order valence-electron chi connectivity index (χ1n) is 4.23. The summed E-state index contributed by atoms with van der Waals surface area (Å²) in [4.78, 5) is 0. The van der Waals surface area contributed by atoms with Gasteiger partial charge in [-0.1, -0.05) is 23.7 Å². The van der Waals surface area contributed by atoms with Crippen LogP contribution in [0.2, 0.25) is 0 Å². The fourth-order valence-electron chi connectivity index (χ4n) is 1.02. The van der Waals surface area contributed by atoms with Gasteiger partial charge in [-0.25, -0.2) is 0 Å². The van der Waals surface area contributed by atoms with E-state index in [-0.39, 0.29) is 6.10 Å². The molecule has 78 valence electrons. The Hall–Kier alpha value is 0.270. The molecule has 14 heavy (non-hydrogen) atoms. The van der Waals surface area contributed by atoms with Crippen molar-refractivity contribution in [2.45, 2.75) is 22.6 Å². The molecule has 1 rings (SSSR count). The maximum Gasteiger partial charge on any atom is 0.178 e. The third kappa shape index (κ3) is 3.79. The largest absolute Gasteiger partial charge is 0.491 e. The van der Waals surface area contributed by atoms with Crippen LogP contribution in [-0.2, 0) is 2.69 Å². The standard InChI is InChI=1S/C10H11Br2ClO/c1-7(2)14-9-5-3-4-8(6-9)10(11,12)13/h3-7H,1-2H3. The van der Waals surface area contributed by atoms with Gasteiger partial charge in [0.25, 0.3) is 0 Å². The van der Waals surface area contributed by atoms with Gasteiger partial charge in [-0.05, 0) is 63.4 Å². The van der Waals surface area contributed by atoms with Crippen LogP contribution in [0.3, 0.4) is 0 Å². The molecule has 0 aliphatic rings. The van der Waals surface area contributed by atoms with Crippen molar-refractivity contribution < 1.29 is 4.74 Å². The van der Waals surface area contributed by atoms with Crippen LogP contribution in [0.5, 0.6) is 5.75 Å². The number of alkyl halides is 3. The first-order valence-corrected chi connectivity index (χ1v) is 6.20. The average Bonchev–Trinajstić information content (AvgIpc) is 2.01. The molecule has 0 aliphatic carbocycles. The Morgan fingerprint density at radius 2 is 2.00 bits per heavy atom. The summed E-state index contributed by atoms with van der Waals surface area (Å²) in [6.45, 7) is 3.98. The molecule has 0 saturated carbocycles. The summed E-state index contributed by atoms with van der Waals surface area (Å²) < 4.78 is 4.84. The second-order valence-corrected chi connectivity index (χ2v) is 8.12. The molecule has 0 atom stereocenters. The summed E-state index contributed by atoms with van der Waals surface area (Å²) in [6, 6.07) is 7.64. The lowest BCUT2D eigenvalue weighted by molar-refractivity contribution is 0.242. The average molecular weight is 342 g/mol. The Morgan fingerprint density at radius 1 is 1.36 bits per heavy atom. The third-order valence-electron chi connectivity index (χ3n) is 1.53. The van der Waals surface area contributed by atoms with Crippen molar-refractivity contribution in [2.75, 3.05) is 0 Å². The zero-order valence-corrected chi connectivity index (χ0v) is 11.9. The molecule has 0 unspecified atom stereocenters. The number of halogens is 3. The van der Waals surface area contributed by atoms with Gasteiger partial charge in [-0.3, -0.25) is 0 Å². The molecular formula is C10H11Br2ClO. The van der Waals surface area contributed by atoms with Crippen LogP contribution in [0.4, 0.5) is 0 Å². The van der Waals surface area contributed by atoms with Gasteiger partial charge >= 0.3 is 0 Å². The summed E-state index contributed by atoms with van der Waals surface area (Å²) >= 11 is 12.7. The van der Waals surface area contributed by atoms with Crippen molar-refractivity contribution >= 4 is 43.5 Å². The molecule has 0 spiro atoms. The lowest BCUT2D eigenvalue weighted by atomic mass is 10.2. The molecule has 0 amide bonds. The lowest BCUT2D eigenvalue weighted by Gasteiger charge is -2.15. The van der Waals surface area contributed by atoms with E-state index in [9.17, 15) is 0 Å². The van der Waals surface area contributed by atoms with Crippen molar-refractivity contribution in [3.05, 3.63) is 29.8 Å². The molecule has 1 aromatic rings. The van der Waals surface area contributed by atoms with Crippen LogP contribution in [0.1, 0.15) is 19.4 Å². The van der Waals surface area contributed by atoms with Crippen molar-refractivity contribution in [3.63, 3.8) is 0 Å². The van der Waals surface area contributed by atoms with E-state index in [1.54, 1.807) is 0 Å². The predicted molar refractivity (Wildman–Crippen MR) is 67.6 cm³/mol. The normalized spacial score (nSPS) is 11.9. The minimum absolute atomic E-state index is 0.167. The summed E-state index contributed by atoms with van der Waals surface area (Å²) in [6.07, 6.45) is 0.167. The van der Waals surface area contributed by atoms with Crippen LogP contribution in [0.15, 0.2) is 24.3 Å². The highest BCUT2D eigenvalue weighted by Crippen LogP contribution is 2.43. The van der Waals surface area contributed by atoms with Crippen molar-refractivity contribution in [1.29, 1.82) is 0 Å². The molecule has 0 bridgehead atoms.